The molecule has 0 aliphatic carbocycles. The molecule has 1 aliphatic heterocycles. The molecule has 5 heterocycles. The quantitative estimate of drug-likeness (QED) is 0.370. The standard InChI is InChI=1S/C26H26N8S/c1-17-21(14-30-34(17)20-7-9-31(2)10-8-20)18-11-24(26-19(12-27)13-29-33(26)15-18)35-23-6-4-5-22-25(23)28-16-32(22)3/h4-6,11,13-16,20H,7-10H2,1-3H3. The smallest absolute Gasteiger partial charge is 0.103 e. The normalized spacial score (nSPS) is 15.3. The number of nitrogens with zero attached hydrogens (tertiary/aromatic N) is 8. The van der Waals surface area contributed by atoms with Crippen molar-refractivity contribution in [2.24, 2.45) is 7.05 Å². The summed E-state index contributed by atoms with van der Waals surface area (Å²) in [6.45, 7) is 4.33. The van der Waals surface area contributed by atoms with E-state index in [1.54, 1.807) is 18.0 Å². The largest absolute Gasteiger partial charge is 0.334 e. The Balaban J connectivity index is 1.45. The molecule has 1 fully saturated rings. The average Bonchev–Trinajstić information content (AvgIpc) is 3.57. The van der Waals surface area contributed by atoms with Gasteiger partial charge in [-0.15, -0.1) is 0 Å². The van der Waals surface area contributed by atoms with E-state index in [1.807, 2.05) is 40.9 Å². The van der Waals surface area contributed by atoms with Gasteiger partial charge in [0.25, 0.3) is 0 Å². The van der Waals surface area contributed by atoms with E-state index in [4.69, 9.17) is 5.10 Å². The van der Waals surface area contributed by atoms with Gasteiger partial charge in [-0.25, -0.2) is 9.50 Å². The highest BCUT2D eigenvalue weighted by atomic mass is 32.2. The average molecular weight is 483 g/mol. The molecule has 0 N–H and O–H groups in total. The zero-order chi connectivity index (χ0) is 24.1. The lowest BCUT2D eigenvalue weighted by Crippen LogP contribution is -2.32. The van der Waals surface area contributed by atoms with E-state index in [0.717, 1.165) is 69.1 Å². The number of piperidine rings is 1. The van der Waals surface area contributed by atoms with E-state index in [-0.39, 0.29) is 0 Å². The number of hydrogen-bond donors (Lipinski definition) is 0. The molecule has 5 aromatic rings. The Morgan fingerprint density at radius 2 is 1.91 bits per heavy atom. The van der Waals surface area contributed by atoms with Crippen molar-refractivity contribution < 1.29 is 0 Å². The molecule has 35 heavy (non-hydrogen) atoms. The Morgan fingerprint density at radius 3 is 2.71 bits per heavy atom. The third-order valence-corrected chi connectivity index (χ3v) is 8.11. The first-order valence-corrected chi connectivity index (χ1v) is 12.6. The third kappa shape index (κ3) is 3.70. The highest BCUT2D eigenvalue weighted by molar-refractivity contribution is 7.99. The lowest BCUT2D eigenvalue weighted by atomic mass is 10.0. The summed E-state index contributed by atoms with van der Waals surface area (Å²) in [6, 6.07) is 11.1. The van der Waals surface area contributed by atoms with Gasteiger partial charge >= 0.3 is 0 Å². The van der Waals surface area contributed by atoms with Crippen LogP contribution in [-0.2, 0) is 7.05 Å². The maximum atomic E-state index is 9.74. The Hall–Kier alpha value is -3.61. The molecule has 176 valence electrons. The number of pyridine rings is 1. The van der Waals surface area contributed by atoms with Gasteiger partial charge in [0.2, 0.25) is 0 Å². The number of aryl methyl sites for hydroxylation is 1. The second kappa shape index (κ2) is 8.56. The fraction of sp³-hybridized carbons (Fsp3) is 0.308. The Morgan fingerprint density at radius 1 is 1.09 bits per heavy atom. The van der Waals surface area contributed by atoms with Gasteiger partial charge in [0.05, 0.1) is 41.4 Å². The van der Waals surface area contributed by atoms with Gasteiger partial charge in [0.15, 0.2) is 0 Å². The predicted molar refractivity (Wildman–Crippen MR) is 136 cm³/mol. The number of fused-ring (bicyclic) bond motifs is 2. The van der Waals surface area contributed by atoms with Gasteiger partial charge in [0, 0.05) is 39.9 Å². The third-order valence-electron chi connectivity index (χ3n) is 7.02. The van der Waals surface area contributed by atoms with Crippen LogP contribution in [0.4, 0.5) is 0 Å². The first-order valence-electron chi connectivity index (χ1n) is 11.8. The van der Waals surface area contributed by atoms with Crippen molar-refractivity contribution in [1.82, 2.24) is 33.8 Å². The monoisotopic (exact) mass is 482 g/mol. The number of para-hydroxylation sites is 1. The summed E-state index contributed by atoms with van der Waals surface area (Å²) >= 11 is 1.62. The first kappa shape index (κ1) is 21.9. The molecule has 6 rings (SSSR count). The molecule has 0 unspecified atom stereocenters. The SMILES string of the molecule is Cc1c(-c2cc(Sc3cccc4c3ncn4C)c3c(C#N)cnn3c2)cnn1C1CCN(C)CC1. The van der Waals surface area contributed by atoms with E-state index >= 15 is 0 Å². The summed E-state index contributed by atoms with van der Waals surface area (Å²) in [5.74, 6) is 0. The number of aromatic nitrogens is 6. The number of imidazole rings is 1. The Labute approximate surface area is 207 Å². The lowest BCUT2D eigenvalue weighted by molar-refractivity contribution is 0.210. The molecule has 0 atom stereocenters. The second-order valence-corrected chi connectivity index (χ2v) is 10.3. The van der Waals surface area contributed by atoms with Gasteiger partial charge in [-0.3, -0.25) is 4.68 Å². The van der Waals surface area contributed by atoms with Crippen LogP contribution in [0, 0.1) is 18.3 Å². The Bertz CT molecular complexity index is 1590. The molecule has 0 saturated carbocycles. The van der Waals surface area contributed by atoms with Gasteiger partial charge in [-0.2, -0.15) is 15.5 Å². The lowest BCUT2D eigenvalue weighted by Gasteiger charge is -2.29. The molecule has 1 aliphatic rings. The molecule has 9 heteroatoms. The van der Waals surface area contributed by atoms with Crippen LogP contribution in [0.25, 0.3) is 27.7 Å². The highest BCUT2D eigenvalue weighted by Gasteiger charge is 2.23. The summed E-state index contributed by atoms with van der Waals surface area (Å²) in [6.07, 6.45) is 9.66. The highest BCUT2D eigenvalue weighted by Crippen LogP contribution is 2.39. The first-order chi connectivity index (χ1) is 17.0. The van der Waals surface area contributed by atoms with Crippen LogP contribution in [0.15, 0.2) is 59.0 Å². The molecule has 0 spiro atoms. The van der Waals surface area contributed by atoms with Crippen LogP contribution >= 0.6 is 11.8 Å². The van der Waals surface area contributed by atoms with Crippen molar-refractivity contribution in [2.45, 2.75) is 35.6 Å². The summed E-state index contributed by atoms with van der Waals surface area (Å²) < 4.78 is 6.03. The van der Waals surface area contributed by atoms with Crippen molar-refractivity contribution in [3.8, 4) is 17.2 Å². The maximum Gasteiger partial charge on any atom is 0.103 e. The van der Waals surface area contributed by atoms with Crippen molar-refractivity contribution in [3.63, 3.8) is 0 Å². The van der Waals surface area contributed by atoms with E-state index in [0.29, 0.717) is 11.6 Å². The van der Waals surface area contributed by atoms with E-state index < -0.39 is 0 Å². The number of rotatable bonds is 4. The summed E-state index contributed by atoms with van der Waals surface area (Å²) in [4.78, 5) is 9.01. The summed E-state index contributed by atoms with van der Waals surface area (Å²) in [5, 5.41) is 19.0. The number of benzene rings is 1. The topological polar surface area (TPSA) is 80.0 Å². The number of hydrogen-bond acceptors (Lipinski definition) is 6. The van der Waals surface area contributed by atoms with Crippen LogP contribution < -0.4 is 0 Å². The minimum Gasteiger partial charge on any atom is -0.334 e. The number of likely N-dealkylation sites (tertiary alicyclic amines) is 1. The second-order valence-electron chi connectivity index (χ2n) is 9.26. The minimum absolute atomic E-state index is 0.425. The van der Waals surface area contributed by atoms with Gasteiger partial charge < -0.3 is 9.47 Å². The molecule has 0 radical (unpaired) electrons. The predicted octanol–water partition coefficient (Wildman–Crippen LogP) is 4.68. The molecule has 8 nitrogen and oxygen atoms in total. The van der Waals surface area contributed by atoms with Gasteiger partial charge in [-0.05, 0) is 58.1 Å². The fourth-order valence-electron chi connectivity index (χ4n) is 5.04. The van der Waals surface area contributed by atoms with Crippen LogP contribution in [0.3, 0.4) is 0 Å². The van der Waals surface area contributed by atoms with Crippen LogP contribution in [0.2, 0.25) is 0 Å². The van der Waals surface area contributed by atoms with Gasteiger partial charge in [0.1, 0.15) is 11.6 Å². The number of nitriles is 1. The Kier molecular flexibility index (Phi) is 5.35. The minimum atomic E-state index is 0.425. The van der Waals surface area contributed by atoms with Crippen LogP contribution in [0.5, 0.6) is 0 Å². The zero-order valence-corrected chi connectivity index (χ0v) is 20.8. The molecular formula is C26H26N8S. The van der Waals surface area contributed by atoms with Crippen molar-refractivity contribution in [1.29, 1.82) is 5.26 Å². The maximum absolute atomic E-state index is 9.74. The van der Waals surface area contributed by atoms with Crippen molar-refractivity contribution in [2.75, 3.05) is 20.1 Å². The van der Waals surface area contributed by atoms with Crippen molar-refractivity contribution >= 4 is 28.3 Å². The van der Waals surface area contributed by atoms with Crippen LogP contribution in [-0.4, -0.2) is 54.0 Å². The van der Waals surface area contributed by atoms with Crippen LogP contribution in [0.1, 0.15) is 30.1 Å². The molecular weight excluding hydrogens is 456 g/mol. The van der Waals surface area contributed by atoms with E-state index in [9.17, 15) is 5.26 Å². The molecule has 1 saturated heterocycles. The molecule has 0 bridgehead atoms. The van der Waals surface area contributed by atoms with E-state index in [1.165, 1.54) is 0 Å². The summed E-state index contributed by atoms with van der Waals surface area (Å²) in [7, 11) is 4.18. The zero-order valence-electron chi connectivity index (χ0n) is 20.0. The summed E-state index contributed by atoms with van der Waals surface area (Å²) in [5.41, 5.74) is 6.70. The molecule has 0 amide bonds. The van der Waals surface area contributed by atoms with E-state index in [2.05, 4.69) is 57.9 Å². The van der Waals surface area contributed by atoms with Gasteiger partial charge in [-0.1, -0.05) is 17.8 Å². The molecule has 4 aromatic heterocycles. The molecule has 1 aromatic carbocycles. The van der Waals surface area contributed by atoms with Crippen molar-refractivity contribution in [3.05, 3.63) is 60.4 Å². The fourth-order valence-corrected chi connectivity index (χ4v) is 6.16.